The molecule has 1 saturated heterocycles. The van der Waals surface area contributed by atoms with E-state index in [1.54, 1.807) is 0 Å². The third-order valence-corrected chi connectivity index (χ3v) is 3.48. The van der Waals surface area contributed by atoms with E-state index in [1.165, 1.54) is 41.5 Å². The normalized spacial score (nSPS) is 22.2. The molecule has 0 aliphatic carbocycles. The second-order valence-electron chi connectivity index (χ2n) is 4.05. The van der Waals surface area contributed by atoms with E-state index in [1.807, 2.05) is 0 Å². The van der Waals surface area contributed by atoms with Gasteiger partial charge in [0.1, 0.15) is 0 Å². The van der Waals surface area contributed by atoms with Crippen LogP contribution in [-0.4, -0.2) is 13.1 Å². The van der Waals surface area contributed by atoms with Crippen LogP contribution in [-0.2, 0) is 6.42 Å². The monoisotopic (exact) mass is 301 g/mol. The predicted octanol–water partition coefficient (Wildman–Crippen LogP) is 2.83. The summed E-state index contributed by atoms with van der Waals surface area (Å²) in [5.41, 5.74) is 1.49. The summed E-state index contributed by atoms with van der Waals surface area (Å²) in [5, 5.41) is 3.47. The van der Waals surface area contributed by atoms with Crippen molar-refractivity contribution >= 4 is 22.6 Å². The standard InChI is InChI=1S/C12H16IN/c13-12-5-1-3-10(8-12)7-11-4-2-6-14-9-11/h1,3,5,8,11,14H,2,4,6-7,9H2. The van der Waals surface area contributed by atoms with Gasteiger partial charge in [-0.15, -0.1) is 0 Å². The van der Waals surface area contributed by atoms with Crippen molar-refractivity contribution in [2.75, 3.05) is 13.1 Å². The highest BCUT2D eigenvalue weighted by Crippen LogP contribution is 2.17. The Morgan fingerprint density at radius 1 is 1.43 bits per heavy atom. The number of hydrogen-bond acceptors (Lipinski definition) is 1. The van der Waals surface area contributed by atoms with Crippen LogP contribution < -0.4 is 5.32 Å². The van der Waals surface area contributed by atoms with E-state index in [-0.39, 0.29) is 0 Å². The summed E-state index contributed by atoms with van der Waals surface area (Å²) in [6, 6.07) is 8.86. The molecule has 1 nitrogen and oxygen atoms in total. The van der Waals surface area contributed by atoms with Crippen LogP contribution in [0.4, 0.5) is 0 Å². The molecule has 14 heavy (non-hydrogen) atoms. The highest BCUT2D eigenvalue weighted by Gasteiger charge is 2.13. The Morgan fingerprint density at radius 3 is 3.07 bits per heavy atom. The Labute approximate surface area is 99.4 Å². The third kappa shape index (κ3) is 2.95. The molecule has 0 radical (unpaired) electrons. The highest BCUT2D eigenvalue weighted by molar-refractivity contribution is 14.1. The molecule has 0 saturated carbocycles. The molecule has 2 rings (SSSR count). The molecule has 1 aliphatic heterocycles. The summed E-state index contributed by atoms with van der Waals surface area (Å²) in [6.45, 7) is 2.41. The first-order valence-corrected chi connectivity index (χ1v) is 6.37. The molecule has 1 unspecified atom stereocenters. The minimum atomic E-state index is 0.849. The fourth-order valence-corrected chi connectivity index (χ4v) is 2.70. The maximum absolute atomic E-state index is 3.47. The average molecular weight is 301 g/mol. The molecular weight excluding hydrogens is 285 g/mol. The van der Waals surface area contributed by atoms with Gasteiger partial charge in [0.25, 0.3) is 0 Å². The van der Waals surface area contributed by atoms with Crippen molar-refractivity contribution < 1.29 is 0 Å². The molecule has 1 fully saturated rings. The van der Waals surface area contributed by atoms with Crippen molar-refractivity contribution in [3.8, 4) is 0 Å². The van der Waals surface area contributed by atoms with E-state index in [0.29, 0.717) is 0 Å². The number of rotatable bonds is 2. The van der Waals surface area contributed by atoms with E-state index in [0.717, 1.165) is 5.92 Å². The Morgan fingerprint density at radius 2 is 2.36 bits per heavy atom. The summed E-state index contributed by atoms with van der Waals surface area (Å²) in [6.07, 6.45) is 3.97. The van der Waals surface area contributed by atoms with E-state index >= 15 is 0 Å². The maximum Gasteiger partial charge on any atom is 0.0133 e. The van der Waals surface area contributed by atoms with Gasteiger partial charge in [-0.25, -0.2) is 0 Å². The van der Waals surface area contributed by atoms with E-state index < -0.39 is 0 Å². The SMILES string of the molecule is Ic1cccc(CC2CCCNC2)c1. The molecule has 76 valence electrons. The number of benzene rings is 1. The zero-order chi connectivity index (χ0) is 9.80. The maximum atomic E-state index is 3.47. The largest absolute Gasteiger partial charge is 0.316 e. The molecule has 0 spiro atoms. The number of piperidine rings is 1. The van der Waals surface area contributed by atoms with Gasteiger partial charge in [-0.1, -0.05) is 12.1 Å². The van der Waals surface area contributed by atoms with Crippen molar-refractivity contribution in [2.45, 2.75) is 19.3 Å². The van der Waals surface area contributed by atoms with E-state index in [4.69, 9.17) is 0 Å². The van der Waals surface area contributed by atoms with Gasteiger partial charge in [-0.3, -0.25) is 0 Å². The number of hydrogen-bond donors (Lipinski definition) is 1. The van der Waals surface area contributed by atoms with Crippen LogP contribution in [0.25, 0.3) is 0 Å². The van der Waals surface area contributed by atoms with Gasteiger partial charge >= 0.3 is 0 Å². The number of halogens is 1. The first-order chi connectivity index (χ1) is 6.84. The Balaban J connectivity index is 1.95. The van der Waals surface area contributed by atoms with Crippen LogP contribution in [0.1, 0.15) is 18.4 Å². The molecule has 1 aromatic rings. The summed E-state index contributed by atoms with van der Waals surface area (Å²) in [4.78, 5) is 0. The van der Waals surface area contributed by atoms with Gasteiger partial charge in [0.15, 0.2) is 0 Å². The minimum absolute atomic E-state index is 0.849. The van der Waals surface area contributed by atoms with Crippen LogP contribution in [0.15, 0.2) is 24.3 Å². The lowest BCUT2D eigenvalue weighted by Crippen LogP contribution is -2.30. The Bertz CT molecular complexity index is 292. The zero-order valence-corrected chi connectivity index (χ0v) is 10.5. The molecule has 0 amide bonds. The molecule has 1 atom stereocenters. The van der Waals surface area contributed by atoms with Gasteiger partial charge in [0.05, 0.1) is 0 Å². The number of nitrogens with one attached hydrogen (secondary N) is 1. The molecule has 1 aliphatic rings. The molecule has 1 N–H and O–H groups in total. The molecule has 1 aromatic carbocycles. The third-order valence-electron chi connectivity index (χ3n) is 2.81. The molecule has 1 heterocycles. The van der Waals surface area contributed by atoms with Crippen molar-refractivity contribution in [2.24, 2.45) is 5.92 Å². The molecule has 0 bridgehead atoms. The predicted molar refractivity (Wildman–Crippen MR) is 68.5 cm³/mol. The van der Waals surface area contributed by atoms with Crippen LogP contribution in [0, 0.1) is 9.49 Å². The zero-order valence-electron chi connectivity index (χ0n) is 8.30. The summed E-state index contributed by atoms with van der Waals surface area (Å²) >= 11 is 2.38. The molecule has 2 heteroatoms. The summed E-state index contributed by atoms with van der Waals surface area (Å²) in [7, 11) is 0. The van der Waals surface area contributed by atoms with Gasteiger partial charge in [0, 0.05) is 3.57 Å². The van der Waals surface area contributed by atoms with Crippen molar-refractivity contribution in [3.63, 3.8) is 0 Å². The minimum Gasteiger partial charge on any atom is -0.316 e. The Kier molecular flexibility index (Phi) is 3.81. The van der Waals surface area contributed by atoms with Crippen molar-refractivity contribution in [1.82, 2.24) is 5.32 Å². The lowest BCUT2D eigenvalue weighted by atomic mass is 9.92. The highest BCUT2D eigenvalue weighted by atomic mass is 127. The van der Waals surface area contributed by atoms with Crippen LogP contribution in [0.2, 0.25) is 0 Å². The first-order valence-electron chi connectivity index (χ1n) is 5.30. The summed E-state index contributed by atoms with van der Waals surface area (Å²) in [5.74, 6) is 0.849. The fourth-order valence-electron chi connectivity index (χ4n) is 2.10. The van der Waals surface area contributed by atoms with E-state index in [9.17, 15) is 0 Å². The van der Waals surface area contributed by atoms with Crippen LogP contribution >= 0.6 is 22.6 Å². The van der Waals surface area contributed by atoms with E-state index in [2.05, 4.69) is 52.2 Å². The second kappa shape index (κ2) is 5.12. The van der Waals surface area contributed by atoms with Crippen molar-refractivity contribution in [1.29, 1.82) is 0 Å². The van der Waals surface area contributed by atoms with Gasteiger partial charge in [-0.05, 0) is 78.6 Å². The first kappa shape index (κ1) is 10.4. The molecular formula is C12H16IN. The smallest absolute Gasteiger partial charge is 0.0133 e. The Hall–Kier alpha value is -0.0900. The lowest BCUT2D eigenvalue weighted by molar-refractivity contribution is 0.376. The fraction of sp³-hybridized carbons (Fsp3) is 0.500. The lowest BCUT2D eigenvalue weighted by Gasteiger charge is -2.22. The van der Waals surface area contributed by atoms with Crippen molar-refractivity contribution in [3.05, 3.63) is 33.4 Å². The molecule has 0 aromatic heterocycles. The van der Waals surface area contributed by atoms with Gasteiger partial charge in [-0.2, -0.15) is 0 Å². The quantitative estimate of drug-likeness (QED) is 0.828. The van der Waals surface area contributed by atoms with Crippen LogP contribution in [0.5, 0.6) is 0 Å². The van der Waals surface area contributed by atoms with Crippen LogP contribution in [0.3, 0.4) is 0 Å². The van der Waals surface area contributed by atoms with Gasteiger partial charge in [0.2, 0.25) is 0 Å². The second-order valence-corrected chi connectivity index (χ2v) is 5.29. The summed E-state index contributed by atoms with van der Waals surface area (Å²) < 4.78 is 1.35. The topological polar surface area (TPSA) is 12.0 Å². The average Bonchev–Trinajstić information content (AvgIpc) is 2.19. The van der Waals surface area contributed by atoms with Gasteiger partial charge < -0.3 is 5.32 Å².